The predicted octanol–water partition coefficient (Wildman–Crippen LogP) is 4.18. The fourth-order valence-electron chi connectivity index (χ4n) is 4.32. The molecule has 1 N–H and O–H groups in total. The second-order valence-corrected chi connectivity index (χ2v) is 11.6. The third kappa shape index (κ3) is 5.14. The summed E-state index contributed by atoms with van der Waals surface area (Å²) in [5, 5.41) is 15.1. The Labute approximate surface area is 195 Å². The number of ketones is 1. The van der Waals surface area contributed by atoms with Crippen molar-refractivity contribution in [1.82, 2.24) is 0 Å². The summed E-state index contributed by atoms with van der Waals surface area (Å²) in [7, 11) is 2.21. The summed E-state index contributed by atoms with van der Waals surface area (Å²) in [5.74, 6) is 0.248. The van der Waals surface area contributed by atoms with Crippen molar-refractivity contribution in [2.24, 2.45) is 0 Å². The van der Waals surface area contributed by atoms with Crippen molar-refractivity contribution in [3.05, 3.63) is 55.8 Å². The zero-order valence-corrected chi connectivity index (χ0v) is 20.1. The summed E-state index contributed by atoms with van der Waals surface area (Å²) in [6, 6.07) is 7.25. The molecule has 4 rings (SSSR count). The lowest BCUT2D eigenvalue weighted by Crippen LogP contribution is -2.44. The van der Waals surface area contributed by atoms with Gasteiger partial charge in [-0.1, -0.05) is 12.1 Å². The van der Waals surface area contributed by atoms with Crippen LogP contribution in [-0.2, 0) is 19.9 Å². The van der Waals surface area contributed by atoms with Gasteiger partial charge in [-0.2, -0.15) is 0 Å². The number of likely N-dealkylation sites (N-methyl/N-ethyl adjacent to an activating group) is 1. The molecule has 31 heavy (non-hydrogen) atoms. The van der Waals surface area contributed by atoms with E-state index < -0.39 is 11.6 Å². The number of carbonyl (C=O) groups excluding carboxylic acids is 2. The Morgan fingerprint density at radius 1 is 1.23 bits per heavy atom. The molecule has 0 amide bonds. The number of quaternary nitrogens is 1. The van der Waals surface area contributed by atoms with Crippen molar-refractivity contribution in [1.29, 1.82) is 0 Å². The van der Waals surface area contributed by atoms with Crippen LogP contribution in [-0.4, -0.2) is 59.9 Å². The highest BCUT2D eigenvalue weighted by Crippen LogP contribution is 2.37. The van der Waals surface area contributed by atoms with Gasteiger partial charge in [0.05, 0.1) is 35.6 Å². The molecule has 2 aliphatic heterocycles. The summed E-state index contributed by atoms with van der Waals surface area (Å²) < 4.78 is 6.75. The molecule has 0 spiro atoms. The average Bonchev–Trinajstić information content (AvgIpc) is 3.53. The van der Waals surface area contributed by atoms with E-state index in [9.17, 15) is 14.7 Å². The van der Waals surface area contributed by atoms with E-state index in [2.05, 4.69) is 7.05 Å². The van der Waals surface area contributed by atoms with Gasteiger partial charge in [-0.3, -0.25) is 4.79 Å². The first-order chi connectivity index (χ1) is 14.9. The number of carbonyl (C=O) groups is 2. The molecule has 0 bridgehead atoms. The van der Waals surface area contributed by atoms with Crippen LogP contribution < -0.4 is 0 Å². The van der Waals surface area contributed by atoms with Crippen molar-refractivity contribution in [3.63, 3.8) is 0 Å². The number of aliphatic hydroxyl groups is 1. The van der Waals surface area contributed by atoms with Gasteiger partial charge in [-0.05, 0) is 53.1 Å². The Hall–Kier alpha value is -1.45. The van der Waals surface area contributed by atoms with Crippen molar-refractivity contribution in [2.75, 3.05) is 32.4 Å². The van der Waals surface area contributed by atoms with E-state index in [4.69, 9.17) is 4.74 Å². The lowest BCUT2D eigenvalue weighted by atomic mass is 10.00. The molecule has 0 aromatic carbocycles. The molecule has 8 heteroatoms. The molecule has 1 saturated heterocycles. The fraction of sp³-hybridized carbons (Fsp3) is 0.478. The van der Waals surface area contributed by atoms with Gasteiger partial charge in [0, 0.05) is 6.42 Å². The minimum Gasteiger partial charge on any atom is -0.453 e. The van der Waals surface area contributed by atoms with E-state index in [0.717, 1.165) is 49.8 Å². The molecule has 0 radical (unpaired) electrons. The fourth-order valence-corrected chi connectivity index (χ4v) is 6.95. The van der Waals surface area contributed by atoms with Crippen LogP contribution in [0.5, 0.6) is 0 Å². The van der Waals surface area contributed by atoms with Gasteiger partial charge in [0.25, 0.3) is 0 Å². The van der Waals surface area contributed by atoms with Crippen LogP contribution in [0.15, 0.2) is 46.0 Å². The zero-order valence-electron chi connectivity index (χ0n) is 17.6. The molecule has 2 aromatic heterocycles. The molecule has 166 valence electrons. The maximum absolute atomic E-state index is 13.2. The Kier molecular flexibility index (Phi) is 7.03. The maximum Gasteiger partial charge on any atom is 0.349 e. The third-order valence-corrected chi connectivity index (χ3v) is 9.13. The third-order valence-electron chi connectivity index (χ3n) is 6.05. The van der Waals surface area contributed by atoms with Gasteiger partial charge in [-0.15, -0.1) is 34.4 Å². The highest BCUT2D eigenvalue weighted by Gasteiger charge is 2.46. The smallest absolute Gasteiger partial charge is 0.349 e. The number of likely N-dealkylation sites (tertiary alicyclic amines) is 1. The van der Waals surface area contributed by atoms with Crippen LogP contribution in [0, 0.1) is 0 Å². The van der Waals surface area contributed by atoms with E-state index >= 15 is 0 Å². The number of hydrogen-bond acceptors (Lipinski definition) is 7. The van der Waals surface area contributed by atoms with Gasteiger partial charge in [-0.25, -0.2) is 4.79 Å². The summed E-state index contributed by atoms with van der Waals surface area (Å²) in [5.41, 5.74) is -1.74. The molecule has 2 aliphatic rings. The van der Waals surface area contributed by atoms with Crippen LogP contribution in [0.1, 0.15) is 35.4 Å². The zero-order chi connectivity index (χ0) is 21.9. The average molecular weight is 479 g/mol. The monoisotopic (exact) mass is 478 g/mol. The van der Waals surface area contributed by atoms with Crippen molar-refractivity contribution < 1.29 is 23.9 Å². The summed E-state index contributed by atoms with van der Waals surface area (Å²) in [6.07, 6.45) is 5.54. The summed E-state index contributed by atoms with van der Waals surface area (Å²) in [6.45, 7) is 2.76. The molecule has 2 aromatic rings. The van der Waals surface area contributed by atoms with Crippen LogP contribution in [0.4, 0.5) is 0 Å². The van der Waals surface area contributed by atoms with Crippen LogP contribution in [0.2, 0.25) is 0 Å². The summed E-state index contributed by atoms with van der Waals surface area (Å²) >= 11 is 4.39. The Bertz CT molecular complexity index is 904. The molecule has 4 heterocycles. The molecular formula is C23H28NO4S3+. The van der Waals surface area contributed by atoms with Gasteiger partial charge >= 0.3 is 5.97 Å². The van der Waals surface area contributed by atoms with Crippen molar-refractivity contribution in [3.8, 4) is 0 Å². The number of unbranched alkanes of at least 4 members (excludes halogenated alkanes) is 1. The van der Waals surface area contributed by atoms with E-state index in [-0.39, 0.29) is 11.9 Å². The standard InChI is InChI=1S/C23H28NO4S3/c1-24(10-3-2-6-19-14-17(25)16-31-19)11-9-18(15-24)28-22(26)23(27,20-7-4-12-29-20)21-8-5-13-30-21/h4-5,7-8,12-14,18,27H,2-3,6,9-11,15-16H2,1H3/q+1/t18-,24?/m1/s1. The number of thiophene rings is 2. The Morgan fingerprint density at radius 2 is 1.94 bits per heavy atom. The van der Waals surface area contributed by atoms with Crippen molar-refractivity contribution in [2.45, 2.75) is 37.4 Å². The first-order valence-corrected chi connectivity index (χ1v) is 13.3. The highest BCUT2D eigenvalue weighted by molar-refractivity contribution is 8.04. The maximum atomic E-state index is 13.2. The van der Waals surface area contributed by atoms with E-state index in [0.29, 0.717) is 15.5 Å². The van der Waals surface area contributed by atoms with Crippen molar-refractivity contribution >= 4 is 46.2 Å². The molecule has 2 atom stereocenters. The van der Waals surface area contributed by atoms with E-state index in [1.165, 1.54) is 27.6 Å². The second-order valence-electron chi connectivity index (χ2n) is 8.55. The Morgan fingerprint density at radius 3 is 2.52 bits per heavy atom. The van der Waals surface area contributed by atoms with Crippen LogP contribution in [0.25, 0.3) is 0 Å². The number of ether oxygens (including phenoxy) is 1. The topological polar surface area (TPSA) is 63.6 Å². The second kappa shape index (κ2) is 9.58. The lowest BCUT2D eigenvalue weighted by Gasteiger charge is -2.30. The minimum atomic E-state index is -1.74. The SMILES string of the molecule is C[N+]1(CCCCC2=CC(=O)CS2)CC[C@@H](OC(=O)C(O)(c2cccs2)c2cccs2)C1. The molecule has 0 aliphatic carbocycles. The molecule has 0 saturated carbocycles. The van der Waals surface area contributed by atoms with Gasteiger partial charge in [0.15, 0.2) is 11.9 Å². The van der Waals surface area contributed by atoms with Gasteiger partial charge in [0.1, 0.15) is 6.54 Å². The molecular weight excluding hydrogens is 450 g/mol. The highest BCUT2D eigenvalue weighted by atomic mass is 32.2. The minimum absolute atomic E-state index is 0.185. The first kappa shape index (κ1) is 22.7. The number of thioether (sulfide) groups is 1. The number of rotatable bonds is 9. The molecule has 1 unspecified atom stereocenters. The molecule has 1 fully saturated rings. The number of esters is 1. The van der Waals surface area contributed by atoms with E-state index in [1.54, 1.807) is 30.0 Å². The largest absolute Gasteiger partial charge is 0.453 e. The number of nitrogens with zero attached hydrogens (tertiary/aromatic N) is 1. The van der Waals surface area contributed by atoms with Gasteiger partial charge in [0.2, 0.25) is 5.60 Å². The normalized spacial score (nSPS) is 23.9. The quantitative estimate of drug-likeness (QED) is 0.333. The van der Waals surface area contributed by atoms with Crippen LogP contribution >= 0.6 is 34.4 Å². The number of hydrogen-bond donors (Lipinski definition) is 1. The first-order valence-electron chi connectivity index (χ1n) is 10.6. The van der Waals surface area contributed by atoms with Gasteiger partial charge < -0.3 is 14.3 Å². The summed E-state index contributed by atoms with van der Waals surface area (Å²) in [4.78, 5) is 26.9. The van der Waals surface area contributed by atoms with Crippen LogP contribution in [0.3, 0.4) is 0 Å². The molecule has 5 nitrogen and oxygen atoms in total. The number of allylic oxidation sites excluding steroid dienone is 2. The predicted molar refractivity (Wildman–Crippen MR) is 126 cm³/mol. The lowest BCUT2D eigenvalue weighted by molar-refractivity contribution is -0.899. The van der Waals surface area contributed by atoms with E-state index in [1.807, 2.05) is 22.9 Å². The Balaban J connectivity index is 1.32.